The number of anilines is 1. The quantitative estimate of drug-likeness (QED) is 0.687. The zero-order chi connectivity index (χ0) is 11.7. The number of hydrogen-bond donors (Lipinski definition) is 0. The normalized spacial score (nSPS) is 10.9. The van der Waals surface area contributed by atoms with Crippen molar-refractivity contribution in [2.24, 2.45) is 0 Å². The van der Waals surface area contributed by atoms with Gasteiger partial charge in [-0.3, -0.25) is 0 Å². The molecule has 0 fully saturated rings. The lowest BCUT2D eigenvalue weighted by Gasteiger charge is -2.20. The van der Waals surface area contributed by atoms with Crippen molar-refractivity contribution in [2.75, 3.05) is 19.0 Å². The predicted octanol–water partition coefficient (Wildman–Crippen LogP) is 3.29. The van der Waals surface area contributed by atoms with E-state index in [-0.39, 0.29) is 11.5 Å². The smallest absolute Gasteiger partial charge is 0.194 e. The average Bonchev–Trinajstić information content (AvgIpc) is 2.12. The molecule has 1 aromatic carbocycles. The van der Waals surface area contributed by atoms with Gasteiger partial charge in [0.05, 0.1) is 0 Å². The second kappa shape index (κ2) is 4.13. The van der Waals surface area contributed by atoms with E-state index in [2.05, 4.69) is 0 Å². The van der Waals surface area contributed by atoms with E-state index in [0.717, 1.165) is 6.07 Å². The topological polar surface area (TPSA) is 3.24 Å². The summed E-state index contributed by atoms with van der Waals surface area (Å²) in [7, 11) is 3.33. The van der Waals surface area contributed by atoms with E-state index >= 15 is 0 Å². The summed E-state index contributed by atoms with van der Waals surface area (Å²) in [6.07, 6.45) is 0. The van der Waals surface area contributed by atoms with E-state index in [1.165, 1.54) is 0 Å². The summed E-state index contributed by atoms with van der Waals surface area (Å²) in [4.78, 5) is 1.57. The van der Waals surface area contributed by atoms with Crippen molar-refractivity contribution >= 4 is 5.69 Å². The molecule has 1 nitrogen and oxygen atoms in total. The van der Waals surface area contributed by atoms with Gasteiger partial charge < -0.3 is 4.90 Å². The van der Waals surface area contributed by atoms with Crippen molar-refractivity contribution in [3.8, 4) is 0 Å². The maximum atomic E-state index is 13.5. The molecule has 84 valence electrons. The Balaban J connectivity index is 3.51. The highest BCUT2D eigenvalue weighted by atomic mass is 19.2. The molecule has 0 heterocycles. The first-order valence-corrected chi connectivity index (χ1v) is 4.71. The summed E-state index contributed by atoms with van der Waals surface area (Å²) < 4.78 is 39.5. The molecule has 0 saturated heterocycles. The summed E-state index contributed by atoms with van der Waals surface area (Å²) in [5.41, 5.74) is 0.584. The van der Waals surface area contributed by atoms with Crippen LogP contribution in [-0.2, 0) is 0 Å². The minimum Gasteiger partial charge on any atom is -0.377 e. The molecule has 15 heavy (non-hydrogen) atoms. The van der Waals surface area contributed by atoms with Crippen LogP contribution in [0.2, 0.25) is 0 Å². The molecular weight excluding hydrogens is 203 g/mol. The Morgan fingerprint density at radius 3 is 2.00 bits per heavy atom. The van der Waals surface area contributed by atoms with Crippen LogP contribution in [0.25, 0.3) is 0 Å². The maximum absolute atomic E-state index is 13.5. The third-order valence-electron chi connectivity index (χ3n) is 2.24. The molecule has 0 amide bonds. The van der Waals surface area contributed by atoms with Gasteiger partial charge in [-0.15, -0.1) is 0 Å². The van der Waals surface area contributed by atoms with Crippen molar-refractivity contribution in [1.29, 1.82) is 0 Å². The van der Waals surface area contributed by atoms with Crippen LogP contribution >= 0.6 is 0 Å². The Morgan fingerprint density at radius 1 is 1.07 bits per heavy atom. The van der Waals surface area contributed by atoms with E-state index < -0.39 is 17.5 Å². The number of nitrogens with zero attached hydrogens (tertiary/aromatic N) is 1. The molecule has 1 aromatic rings. The van der Waals surface area contributed by atoms with E-state index in [0.29, 0.717) is 5.69 Å². The predicted molar refractivity (Wildman–Crippen MR) is 54.7 cm³/mol. The highest BCUT2D eigenvalue weighted by Gasteiger charge is 2.21. The first kappa shape index (κ1) is 11.9. The zero-order valence-electron chi connectivity index (χ0n) is 9.24. The SMILES string of the molecule is CC(C)c1c(N(C)C)cc(F)c(F)c1F. The minimum absolute atomic E-state index is 0.197. The molecule has 0 saturated carbocycles. The molecule has 1 rings (SSSR count). The van der Waals surface area contributed by atoms with Gasteiger partial charge in [-0.2, -0.15) is 0 Å². The van der Waals surface area contributed by atoms with E-state index in [4.69, 9.17) is 0 Å². The molecule has 0 N–H and O–H groups in total. The highest BCUT2D eigenvalue weighted by Crippen LogP contribution is 2.31. The summed E-state index contributed by atoms with van der Waals surface area (Å²) >= 11 is 0. The lowest BCUT2D eigenvalue weighted by molar-refractivity contribution is 0.438. The molecule has 0 bridgehead atoms. The Bertz CT molecular complexity index is 373. The van der Waals surface area contributed by atoms with Gasteiger partial charge in [-0.25, -0.2) is 13.2 Å². The van der Waals surface area contributed by atoms with Crippen molar-refractivity contribution in [3.05, 3.63) is 29.1 Å². The molecule has 4 heteroatoms. The fraction of sp³-hybridized carbons (Fsp3) is 0.455. The van der Waals surface area contributed by atoms with Gasteiger partial charge >= 0.3 is 0 Å². The Kier molecular flexibility index (Phi) is 3.27. The first-order chi connectivity index (χ1) is 6.86. The van der Waals surface area contributed by atoms with Crippen molar-refractivity contribution in [2.45, 2.75) is 19.8 Å². The fourth-order valence-electron chi connectivity index (χ4n) is 1.52. The monoisotopic (exact) mass is 217 g/mol. The van der Waals surface area contributed by atoms with Crippen LogP contribution in [0, 0.1) is 17.5 Å². The standard InChI is InChI=1S/C11H14F3N/c1-6(2)9-8(15(3)4)5-7(12)10(13)11(9)14/h5-6H,1-4H3. The summed E-state index contributed by atoms with van der Waals surface area (Å²) in [5.74, 6) is -3.84. The summed E-state index contributed by atoms with van der Waals surface area (Å²) in [6.45, 7) is 3.48. The van der Waals surface area contributed by atoms with Gasteiger partial charge in [-0.1, -0.05) is 13.8 Å². The number of benzene rings is 1. The molecule has 0 aromatic heterocycles. The molecule has 0 aliphatic rings. The van der Waals surface area contributed by atoms with E-state index in [9.17, 15) is 13.2 Å². The van der Waals surface area contributed by atoms with Gasteiger partial charge in [0.25, 0.3) is 0 Å². The molecule has 0 atom stereocenters. The van der Waals surface area contributed by atoms with Crippen LogP contribution in [0.3, 0.4) is 0 Å². The second-order valence-electron chi connectivity index (χ2n) is 3.97. The second-order valence-corrected chi connectivity index (χ2v) is 3.97. The lowest BCUT2D eigenvalue weighted by atomic mass is 9.99. The Labute approximate surface area is 87.5 Å². The van der Waals surface area contributed by atoms with Gasteiger partial charge in [-0.05, 0) is 5.92 Å². The summed E-state index contributed by atoms with van der Waals surface area (Å²) in [6, 6.07) is 1.02. The van der Waals surface area contributed by atoms with Crippen LogP contribution in [0.4, 0.5) is 18.9 Å². The van der Waals surface area contributed by atoms with Gasteiger partial charge in [0.15, 0.2) is 17.5 Å². The van der Waals surface area contributed by atoms with Crippen LogP contribution in [0.1, 0.15) is 25.3 Å². The summed E-state index contributed by atoms with van der Waals surface area (Å²) in [5, 5.41) is 0. The number of halogens is 3. The largest absolute Gasteiger partial charge is 0.377 e. The number of rotatable bonds is 2. The van der Waals surface area contributed by atoms with Crippen LogP contribution in [0.15, 0.2) is 6.07 Å². The van der Waals surface area contributed by atoms with Crippen LogP contribution in [0.5, 0.6) is 0 Å². The Hall–Kier alpha value is -1.19. The van der Waals surface area contributed by atoms with Crippen molar-refractivity contribution in [1.82, 2.24) is 0 Å². The van der Waals surface area contributed by atoms with Crippen molar-refractivity contribution in [3.63, 3.8) is 0 Å². The molecule has 0 aliphatic heterocycles. The molecule has 0 radical (unpaired) electrons. The third kappa shape index (κ3) is 2.08. The highest BCUT2D eigenvalue weighted by molar-refractivity contribution is 5.55. The first-order valence-electron chi connectivity index (χ1n) is 4.71. The van der Waals surface area contributed by atoms with Crippen molar-refractivity contribution < 1.29 is 13.2 Å². The zero-order valence-corrected chi connectivity index (χ0v) is 9.24. The van der Waals surface area contributed by atoms with Gasteiger partial charge in [0, 0.05) is 31.4 Å². The average molecular weight is 217 g/mol. The third-order valence-corrected chi connectivity index (χ3v) is 2.24. The number of hydrogen-bond acceptors (Lipinski definition) is 1. The minimum atomic E-state index is -1.40. The van der Waals surface area contributed by atoms with E-state index in [1.54, 1.807) is 32.8 Å². The lowest BCUT2D eigenvalue weighted by Crippen LogP contribution is -2.15. The van der Waals surface area contributed by atoms with Crippen LogP contribution in [-0.4, -0.2) is 14.1 Å². The van der Waals surface area contributed by atoms with E-state index in [1.807, 2.05) is 0 Å². The maximum Gasteiger partial charge on any atom is 0.194 e. The molecule has 0 spiro atoms. The fourth-order valence-corrected chi connectivity index (χ4v) is 1.52. The van der Waals surface area contributed by atoms with Gasteiger partial charge in [0.1, 0.15) is 0 Å². The molecule has 0 unspecified atom stereocenters. The van der Waals surface area contributed by atoms with Crippen LogP contribution < -0.4 is 4.90 Å². The molecular formula is C11H14F3N. The Morgan fingerprint density at radius 2 is 1.60 bits per heavy atom. The molecule has 0 aliphatic carbocycles. The van der Waals surface area contributed by atoms with Gasteiger partial charge in [0.2, 0.25) is 0 Å².